The summed E-state index contributed by atoms with van der Waals surface area (Å²) >= 11 is 0. The minimum atomic E-state index is -0.941. The fourth-order valence-corrected chi connectivity index (χ4v) is 1.77. The van der Waals surface area contributed by atoms with E-state index in [2.05, 4.69) is 10.3 Å². The minimum Gasteiger partial charge on any atom is -0.448 e. The fourth-order valence-electron chi connectivity index (χ4n) is 1.77. The average molecular weight is 300 g/mol. The molecule has 0 aliphatic carbocycles. The summed E-state index contributed by atoms with van der Waals surface area (Å²) in [5, 5.41) is 2.62. The normalized spacial score (nSPS) is 11.5. The number of rotatable bonds is 5. The lowest BCUT2D eigenvalue weighted by atomic mass is 10.1. The van der Waals surface area contributed by atoms with Crippen LogP contribution in [0.15, 0.2) is 42.6 Å². The topological polar surface area (TPSA) is 88.3 Å². The largest absolute Gasteiger partial charge is 0.448 e. The summed E-state index contributed by atoms with van der Waals surface area (Å²) in [5.74, 6) is -1.10. The van der Waals surface area contributed by atoms with Crippen molar-refractivity contribution in [3.8, 4) is 0 Å². The van der Waals surface area contributed by atoms with E-state index in [0.29, 0.717) is 11.3 Å². The zero-order chi connectivity index (χ0) is 16.1. The van der Waals surface area contributed by atoms with E-state index in [4.69, 9.17) is 4.74 Å². The number of Topliss-reactive ketones (excluding diaryl/α,β-unsaturated/α-hetero) is 1. The monoisotopic (exact) mass is 300 g/mol. The molecule has 2 aromatic rings. The third kappa shape index (κ3) is 3.82. The Hall–Kier alpha value is -2.89. The van der Waals surface area contributed by atoms with Gasteiger partial charge in [-0.2, -0.15) is 0 Å². The van der Waals surface area contributed by atoms with Crippen molar-refractivity contribution < 1.29 is 19.1 Å². The van der Waals surface area contributed by atoms with Crippen LogP contribution >= 0.6 is 0 Å². The smallest absolute Gasteiger partial charge is 0.355 e. The highest BCUT2D eigenvalue weighted by Crippen LogP contribution is 2.11. The Morgan fingerprint density at radius 1 is 1.14 bits per heavy atom. The van der Waals surface area contributed by atoms with Crippen molar-refractivity contribution in [3.05, 3.63) is 53.9 Å². The van der Waals surface area contributed by atoms with E-state index in [1.807, 2.05) is 0 Å². The van der Waals surface area contributed by atoms with Gasteiger partial charge in [-0.1, -0.05) is 0 Å². The van der Waals surface area contributed by atoms with Crippen LogP contribution in [0.4, 0.5) is 5.69 Å². The molecule has 0 saturated carbocycles. The first-order valence-corrected chi connectivity index (χ1v) is 6.73. The van der Waals surface area contributed by atoms with Gasteiger partial charge in [-0.3, -0.25) is 9.59 Å². The Morgan fingerprint density at radius 2 is 1.82 bits per heavy atom. The molecule has 0 unspecified atom stereocenters. The number of H-pyrrole nitrogens is 1. The van der Waals surface area contributed by atoms with Crippen LogP contribution < -0.4 is 5.32 Å². The van der Waals surface area contributed by atoms with Crippen LogP contribution in [0.2, 0.25) is 0 Å². The standard InChI is InChI=1S/C16H16N2O4/c1-10(19)12-5-7-13(8-6-12)18-15(20)11(2)22-16(21)14-4-3-9-17-14/h3-9,11,17H,1-2H3,(H,18,20)/t11-/m0/s1. The van der Waals surface area contributed by atoms with E-state index >= 15 is 0 Å². The fraction of sp³-hybridized carbons (Fsp3) is 0.188. The first-order valence-electron chi connectivity index (χ1n) is 6.73. The number of ketones is 1. The number of carbonyl (C=O) groups is 3. The quantitative estimate of drug-likeness (QED) is 0.655. The van der Waals surface area contributed by atoms with Crippen LogP contribution in [0.3, 0.4) is 0 Å². The number of hydrogen-bond acceptors (Lipinski definition) is 4. The van der Waals surface area contributed by atoms with Gasteiger partial charge in [0.2, 0.25) is 0 Å². The van der Waals surface area contributed by atoms with Crippen LogP contribution in [0.5, 0.6) is 0 Å². The lowest BCUT2D eigenvalue weighted by molar-refractivity contribution is -0.123. The number of ether oxygens (including phenoxy) is 1. The van der Waals surface area contributed by atoms with Crippen LogP contribution in [0, 0.1) is 0 Å². The maximum atomic E-state index is 12.0. The lowest BCUT2D eigenvalue weighted by Crippen LogP contribution is -2.30. The maximum absolute atomic E-state index is 12.0. The minimum absolute atomic E-state index is 0.0499. The summed E-state index contributed by atoms with van der Waals surface area (Å²) in [7, 11) is 0. The van der Waals surface area contributed by atoms with Gasteiger partial charge >= 0.3 is 5.97 Å². The van der Waals surface area contributed by atoms with Crippen molar-refractivity contribution in [1.82, 2.24) is 4.98 Å². The first-order chi connectivity index (χ1) is 10.5. The van der Waals surface area contributed by atoms with Crippen molar-refractivity contribution in [3.63, 3.8) is 0 Å². The van der Waals surface area contributed by atoms with Crippen molar-refractivity contribution in [2.24, 2.45) is 0 Å². The Bertz CT molecular complexity index is 675. The molecule has 0 bridgehead atoms. The molecule has 0 radical (unpaired) electrons. The van der Waals surface area contributed by atoms with Crippen LogP contribution in [-0.4, -0.2) is 28.7 Å². The van der Waals surface area contributed by atoms with Gasteiger partial charge in [0.1, 0.15) is 5.69 Å². The SMILES string of the molecule is CC(=O)c1ccc(NC(=O)[C@H](C)OC(=O)c2ccc[nH]2)cc1. The molecule has 22 heavy (non-hydrogen) atoms. The second kappa shape index (κ2) is 6.71. The molecule has 1 aromatic carbocycles. The number of benzene rings is 1. The molecule has 1 amide bonds. The molecule has 0 saturated heterocycles. The second-order valence-electron chi connectivity index (χ2n) is 4.75. The van der Waals surface area contributed by atoms with Gasteiger partial charge in [-0.05, 0) is 50.2 Å². The van der Waals surface area contributed by atoms with Gasteiger partial charge in [0, 0.05) is 17.4 Å². The molecule has 2 rings (SSSR count). The van der Waals surface area contributed by atoms with Gasteiger partial charge in [-0.25, -0.2) is 4.79 Å². The number of aromatic amines is 1. The molecular weight excluding hydrogens is 284 g/mol. The molecule has 0 aliphatic rings. The van der Waals surface area contributed by atoms with E-state index in [-0.39, 0.29) is 11.5 Å². The van der Waals surface area contributed by atoms with Crippen LogP contribution in [0.1, 0.15) is 34.7 Å². The summed E-state index contributed by atoms with van der Waals surface area (Å²) < 4.78 is 5.05. The summed E-state index contributed by atoms with van der Waals surface area (Å²) in [6.45, 7) is 2.95. The van der Waals surface area contributed by atoms with Gasteiger partial charge in [-0.15, -0.1) is 0 Å². The third-order valence-electron chi connectivity index (χ3n) is 3.03. The zero-order valence-corrected chi connectivity index (χ0v) is 12.3. The van der Waals surface area contributed by atoms with Gasteiger partial charge in [0.05, 0.1) is 0 Å². The molecule has 1 aromatic heterocycles. The molecule has 0 fully saturated rings. The Kier molecular flexibility index (Phi) is 4.73. The Balaban J connectivity index is 1.93. The average Bonchev–Trinajstić information content (AvgIpc) is 3.02. The number of anilines is 1. The van der Waals surface area contributed by atoms with E-state index in [9.17, 15) is 14.4 Å². The van der Waals surface area contributed by atoms with Crippen molar-refractivity contribution in [2.45, 2.75) is 20.0 Å². The molecule has 1 atom stereocenters. The highest BCUT2D eigenvalue weighted by Gasteiger charge is 2.19. The Labute approximate surface area is 127 Å². The molecule has 6 nitrogen and oxygen atoms in total. The maximum Gasteiger partial charge on any atom is 0.355 e. The molecule has 2 N–H and O–H groups in total. The summed E-state index contributed by atoms with van der Waals surface area (Å²) in [6, 6.07) is 9.70. The molecule has 6 heteroatoms. The second-order valence-corrected chi connectivity index (χ2v) is 4.75. The number of esters is 1. The summed E-state index contributed by atoms with van der Waals surface area (Å²) in [6.07, 6.45) is 0.654. The number of hydrogen-bond donors (Lipinski definition) is 2. The summed E-state index contributed by atoms with van der Waals surface area (Å²) in [5.41, 5.74) is 1.37. The highest BCUT2D eigenvalue weighted by molar-refractivity contribution is 5.98. The zero-order valence-electron chi connectivity index (χ0n) is 12.3. The molecule has 0 aliphatic heterocycles. The van der Waals surface area contributed by atoms with Gasteiger partial charge < -0.3 is 15.0 Å². The summed E-state index contributed by atoms with van der Waals surface area (Å²) in [4.78, 5) is 37.6. The number of nitrogens with one attached hydrogen (secondary N) is 2. The van der Waals surface area contributed by atoms with E-state index in [1.165, 1.54) is 13.8 Å². The number of amides is 1. The third-order valence-corrected chi connectivity index (χ3v) is 3.03. The molecular formula is C16H16N2O4. The lowest BCUT2D eigenvalue weighted by Gasteiger charge is -2.13. The number of aromatic nitrogens is 1. The molecule has 0 spiro atoms. The van der Waals surface area contributed by atoms with Gasteiger partial charge in [0.15, 0.2) is 11.9 Å². The van der Waals surface area contributed by atoms with Crippen LogP contribution in [-0.2, 0) is 9.53 Å². The van der Waals surface area contributed by atoms with Crippen LogP contribution in [0.25, 0.3) is 0 Å². The van der Waals surface area contributed by atoms with Crippen molar-refractivity contribution >= 4 is 23.3 Å². The molecule has 1 heterocycles. The van der Waals surface area contributed by atoms with E-state index < -0.39 is 18.0 Å². The van der Waals surface area contributed by atoms with E-state index in [1.54, 1.807) is 42.6 Å². The van der Waals surface area contributed by atoms with Gasteiger partial charge in [0.25, 0.3) is 5.91 Å². The predicted octanol–water partition coefficient (Wildman–Crippen LogP) is 2.40. The Morgan fingerprint density at radius 3 is 2.36 bits per heavy atom. The highest BCUT2D eigenvalue weighted by atomic mass is 16.5. The van der Waals surface area contributed by atoms with Crippen molar-refractivity contribution in [2.75, 3.05) is 5.32 Å². The predicted molar refractivity (Wildman–Crippen MR) is 80.7 cm³/mol. The van der Waals surface area contributed by atoms with Crippen molar-refractivity contribution in [1.29, 1.82) is 0 Å². The van der Waals surface area contributed by atoms with E-state index in [0.717, 1.165) is 0 Å². The first kappa shape index (κ1) is 15.5. The number of carbonyl (C=O) groups excluding carboxylic acids is 3. The molecule has 114 valence electrons.